The standard InChI is InChI=1S/C22H36/c1-19(2)13-8-6-4-3-5-7-9-14-20-16-12-17-21-15-10-11-18-22(20)21/h10-11,15,18-20H,3-9,12-14,16-17H2,1-2H3. The maximum Gasteiger partial charge on any atom is -0.0159 e. The van der Waals surface area contributed by atoms with Gasteiger partial charge in [0.05, 0.1) is 0 Å². The Bertz CT molecular complexity index is 404. The van der Waals surface area contributed by atoms with Gasteiger partial charge in [-0.1, -0.05) is 89.5 Å². The van der Waals surface area contributed by atoms with Crippen LogP contribution < -0.4 is 0 Å². The topological polar surface area (TPSA) is 0 Å². The lowest BCUT2D eigenvalue weighted by Gasteiger charge is -2.25. The Hall–Kier alpha value is -0.780. The number of hydrogen-bond acceptors (Lipinski definition) is 0. The van der Waals surface area contributed by atoms with Crippen molar-refractivity contribution in [2.75, 3.05) is 0 Å². The van der Waals surface area contributed by atoms with Crippen LogP contribution in [0.4, 0.5) is 0 Å². The molecule has 1 aromatic rings. The van der Waals surface area contributed by atoms with Crippen molar-refractivity contribution < 1.29 is 0 Å². The van der Waals surface area contributed by atoms with Crippen LogP contribution in [0.25, 0.3) is 0 Å². The average Bonchev–Trinajstić information content (AvgIpc) is 2.53. The Morgan fingerprint density at radius 1 is 0.909 bits per heavy atom. The molecule has 0 N–H and O–H groups in total. The summed E-state index contributed by atoms with van der Waals surface area (Å²) in [6.45, 7) is 4.67. The molecule has 0 saturated heterocycles. The first kappa shape index (κ1) is 17.6. The van der Waals surface area contributed by atoms with E-state index in [4.69, 9.17) is 0 Å². The van der Waals surface area contributed by atoms with Crippen LogP contribution in [0.2, 0.25) is 0 Å². The molecule has 0 bridgehead atoms. The van der Waals surface area contributed by atoms with Gasteiger partial charge in [-0.2, -0.15) is 0 Å². The van der Waals surface area contributed by atoms with Crippen LogP contribution in [0.3, 0.4) is 0 Å². The molecule has 0 aromatic heterocycles. The minimum Gasteiger partial charge on any atom is -0.0628 e. The van der Waals surface area contributed by atoms with E-state index in [1.807, 2.05) is 0 Å². The van der Waals surface area contributed by atoms with E-state index in [-0.39, 0.29) is 0 Å². The van der Waals surface area contributed by atoms with Crippen LogP contribution in [0.15, 0.2) is 24.3 Å². The van der Waals surface area contributed by atoms with Gasteiger partial charge in [0, 0.05) is 0 Å². The molecule has 0 saturated carbocycles. The van der Waals surface area contributed by atoms with E-state index in [0.717, 1.165) is 11.8 Å². The molecular formula is C22H36. The first-order valence-electron chi connectivity index (χ1n) is 9.85. The molecule has 0 aliphatic heterocycles. The molecule has 0 heterocycles. The van der Waals surface area contributed by atoms with Crippen molar-refractivity contribution in [1.82, 2.24) is 0 Å². The minimum atomic E-state index is 0.857. The Kier molecular flexibility index (Phi) is 8.05. The molecule has 124 valence electrons. The van der Waals surface area contributed by atoms with E-state index >= 15 is 0 Å². The van der Waals surface area contributed by atoms with Gasteiger partial charge in [0.1, 0.15) is 0 Å². The van der Waals surface area contributed by atoms with Crippen LogP contribution in [-0.4, -0.2) is 0 Å². The van der Waals surface area contributed by atoms with Gasteiger partial charge in [-0.05, 0) is 48.6 Å². The zero-order valence-corrected chi connectivity index (χ0v) is 14.9. The third-order valence-corrected chi connectivity index (χ3v) is 5.33. The van der Waals surface area contributed by atoms with E-state index in [1.54, 1.807) is 11.1 Å². The maximum atomic E-state index is 2.38. The number of benzene rings is 1. The summed E-state index contributed by atoms with van der Waals surface area (Å²) in [5.41, 5.74) is 3.30. The van der Waals surface area contributed by atoms with Gasteiger partial charge in [-0.3, -0.25) is 0 Å². The lowest BCUT2D eigenvalue weighted by Crippen LogP contribution is -2.09. The van der Waals surface area contributed by atoms with Crippen LogP contribution in [0, 0.1) is 5.92 Å². The smallest absolute Gasteiger partial charge is 0.0159 e. The van der Waals surface area contributed by atoms with Gasteiger partial charge in [0.2, 0.25) is 0 Å². The van der Waals surface area contributed by atoms with Crippen molar-refractivity contribution in [2.45, 2.75) is 96.8 Å². The maximum absolute atomic E-state index is 2.38. The highest BCUT2D eigenvalue weighted by Crippen LogP contribution is 2.35. The third kappa shape index (κ3) is 6.15. The van der Waals surface area contributed by atoms with Gasteiger partial charge in [-0.15, -0.1) is 0 Å². The van der Waals surface area contributed by atoms with Crippen molar-refractivity contribution in [3.05, 3.63) is 35.4 Å². The highest BCUT2D eigenvalue weighted by molar-refractivity contribution is 5.32. The van der Waals surface area contributed by atoms with Gasteiger partial charge in [0.25, 0.3) is 0 Å². The molecule has 0 heteroatoms. The van der Waals surface area contributed by atoms with Crippen molar-refractivity contribution in [2.24, 2.45) is 5.92 Å². The molecule has 1 unspecified atom stereocenters. The van der Waals surface area contributed by atoms with E-state index in [2.05, 4.69) is 38.1 Å². The van der Waals surface area contributed by atoms with E-state index in [0.29, 0.717) is 0 Å². The van der Waals surface area contributed by atoms with Gasteiger partial charge in [0.15, 0.2) is 0 Å². The largest absolute Gasteiger partial charge is 0.0628 e. The molecule has 0 amide bonds. The fraction of sp³-hybridized carbons (Fsp3) is 0.727. The van der Waals surface area contributed by atoms with Crippen molar-refractivity contribution in [3.8, 4) is 0 Å². The summed E-state index contributed by atoms with van der Waals surface area (Å²) in [7, 11) is 0. The molecule has 22 heavy (non-hydrogen) atoms. The van der Waals surface area contributed by atoms with Crippen LogP contribution in [0.5, 0.6) is 0 Å². The number of hydrogen-bond donors (Lipinski definition) is 0. The summed E-state index contributed by atoms with van der Waals surface area (Å²) in [6.07, 6.45) is 17.1. The molecule has 1 aliphatic carbocycles. The summed E-state index contributed by atoms with van der Waals surface area (Å²) >= 11 is 0. The molecule has 1 atom stereocenters. The van der Waals surface area contributed by atoms with Crippen LogP contribution in [-0.2, 0) is 6.42 Å². The van der Waals surface area contributed by atoms with Crippen molar-refractivity contribution >= 4 is 0 Å². The molecule has 1 aromatic carbocycles. The van der Waals surface area contributed by atoms with Gasteiger partial charge < -0.3 is 0 Å². The van der Waals surface area contributed by atoms with Gasteiger partial charge >= 0.3 is 0 Å². The third-order valence-electron chi connectivity index (χ3n) is 5.33. The molecule has 0 fully saturated rings. The summed E-state index contributed by atoms with van der Waals surface area (Å²) in [6, 6.07) is 9.17. The molecule has 0 nitrogen and oxygen atoms in total. The summed E-state index contributed by atoms with van der Waals surface area (Å²) in [5.74, 6) is 1.74. The monoisotopic (exact) mass is 300 g/mol. The quantitative estimate of drug-likeness (QED) is 0.398. The Morgan fingerprint density at radius 2 is 1.59 bits per heavy atom. The van der Waals surface area contributed by atoms with E-state index in [1.165, 1.54) is 77.0 Å². The zero-order valence-electron chi connectivity index (χ0n) is 14.9. The molecule has 1 aliphatic rings. The second-order valence-corrected chi connectivity index (χ2v) is 7.73. The first-order chi connectivity index (χ1) is 10.8. The molecule has 0 spiro atoms. The Morgan fingerprint density at radius 3 is 2.36 bits per heavy atom. The van der Waals surface area contributed by atoms with Gasteiger partial charge in [-0.25, -0.2) is 0 Å². The highest BCUT2D eigenvalue weighted by Gasteiger charge is 2.18. The SMILES string of the molecule is CC(C)CCCCCCCCCC1CCCc2ccccc21. The highest BCUT2D eigenvalue weighted by atomic mass is 14.2. The second-order valence-electron chi connectivity index (χ2n) is 7.73. The Balaban J connectivity index is 1.53. The number of unbranched alkanes of at least 4 members (excludes halogenated alkanes) is 6. The fourth-order valence-corrected chi connectivity index (χ4v) is 3.98. The number of aryl methyl sites for hydroxylation is 1. The lowest BCUT2D eigenvalue weighted by atomic mass is 9.80. The lowest BCUT2D eigenvalue weighted by molar-refractivity contribution is 0.476. The minimum absolute atomic E-state index is 0.857. The summed E-state index contributed by atoms with van der Waals surface area (Å²) in [5, 5.41) is 0. The summed E-state index contributed by atoms with van der Waals surface area (Å²) in [4.78, 5) is 0. The Labute approximate surface area is 138 Å². The van der Waals surface area contributed by atoms with Crippen molar-refractivity contribution in [1.29, 1.82) is 0 Å². The molecular weight excluding hydrogens is 264 g/mol. The zero-order chi connectivity index (χ0) is 15.6. The normalized spacial score (nSPS) is 17.7. The number of rotatable bonds is 10. The second kappa shape index (κ2) is 10.1. The average molecular weight is 301 g/mol. The van der Waals surface area contributed by atoms with E-state index < -0.39 is 0 Å². The fourth-order valence-electron chi connectivity index (χ4n) is 3.98. The molecule has 2 rings (SSSR count). The number of fused-ring (bicyclic) bond motifs is 1. The van der Waals surface area contributed by atoms with Crippen LogP contribution >= 0.6 is 0 Å². The summed E-state index contributed by atoms with van der Waals surface area (Å²) < 4.78 is 0. The van der Waals surface area contributed by atoms with E-state index in [9.17, 15) is 0 Å². The van der Waals surface area contributed by atoms with Crippen LogP contribution in [0.1, 0.15) is 102 Å². The molecule has 0 radical (unpaired) electrons. The predicted octanol–water partition coefficient (Wildman–Crippen LogP) is 7.27. The first-order valence-corrected chi connectivity index (χ1v) is 9.85. The predicted molar refractivity (Wildman–Crippen MR) is 98.5 cm³/mol. The van der Waals surface area contributed by atoms with Crippen molar-refractivity contribution in [3.63, 3.8) is 0 Å².